The van der Waals surface area contributed by atoms with Crippen LogP contribution in [0.15, 0.2) is 29.2 Å². The molecule has 1 fully saturated rings. The summed E-state index contributed by atoms with van der Waals surface area (Å²) < 4.78 is 33.7. The molecule has 1 aromatic heterocycles. The van der Waals surface area contributed by atoms with E-state index < -0.39 is 42.6 Å². The molecule has 0 saturated carbocycles. The van der Waals surface area contributed by atoms with Crippen molar-refractivity contribution in [3.8, 4) is 0 Å². The van der Waals surface area contributed by atoms with E-state index in [0.717, 1.165) is 17.2 Å². The van der Waals surface area contributed by atoms with Gasteiger partial charge in [-0.05, 0) is 18.9 Å². The fourth-order valence-electron chi connectivity index (χ4n) is 3.37. The summed E-state index contributed by atoms with van der Waals surface area (Å²) in [5.74, 6) is -5.16. The number of amides is 3. The topological polar surface area (TPSA) is 151 Å². The van der Waals surface area contributed by atoms with Gasteiger partial charge in [0, 0.05) is 31.3 Å². The predicted octanol–water partition coefficient (Wildman–Crippen LogP) is -0.447. The highest BCUT2D eigenvalue weighted by Gasteiger charge is 2.59. The molecule has 1 aromatic rings. The lowest BCUT2D eigenvalue weighted by molar-refractivity contribution is -0.141. The Bertz CT molecular complexity index is 963. The van der Waals surface area contributed by atoms with Gasteiger partial charge >= 0.3 is 11.6 Å². The van der Waals surface area contributed by atoms with Crippen LogP contribution in [0.2, 0.25) is 0 Å². The molecular weight excluding hydrogens is 434 g/mol. The predicted molar refractivity (Wildman–Crippen MR) is 103 cm³/mol. The Morgan fingerprint density at radius 3 is 2.47 bits per heavy atom. The van der Waals surface area contributed by atoms with Crippen molar-refractivity contribution >= 4 is 23.5 Å². The molecule has 3 heterocycles. The van der Waals surface area contributed by atoms with Crippen molar-refractivity contribution in [3.63, 3.8) is 0 Å². The number of carbonyl (C=O) groups excluding carboxylic acids is 3. The normalized spacial score (nSPS) is 24.4. The third-order valence-corrected chi connectivity index (χ3v) is 5.10. The maximum atomic E-state index is 14.2. The Labute approximate surface area is 180 Å². The number of aliphatic hydroxyl groups is 2. The van der Waals surface area contributed by atoms with Crippen molar-refractivity contribution in [1.29, 1.82) is 0 Å². The number of imide groups is 1. The van der Waals surface area contributed by atoms with Crippen LogP contribution in [-0.4, -0.2) is 73.7 Å². The van der Waals surface area contributed by atoms with Gasteiger partial charge in [-0.2, -0.15) is 13.8 Å². The second-order valence-electron chi connectivity index (χ2n) is 7.35. The summed E-state index contributed by atoms with van der Waals surface area (Å²) >= 11 is 0. The minimum absolute atomic E-state index is 0.0824. The highest BCUT2D eigenvalue weighted by Crippen LogP contribution is 2.41. The lowest BCUT2D eigenvalue weighted by Crippen LogP contribution is -2.41. The Kier molecular flexibility index (Phi) is 7.11. The molecule has 32 heavy (non-hydrogen) atoms. The van der Waals surface area contributed by atoms with Crippen molar-refractivity contribution in [2.24, 2.45) is 0 Å². The highest BCUT2D eigenvalue weighted by atomic mass is 19.3. The zero-order valence-electron chi connectivity index (χ0n) is 16.8. The molecule has 2 aliphatic heterocycles. The van der Waals surface area contributed by atoms with Gasteiger partial charge in [0.2, 0.25) is 12.1 Å². The molecule has 3 amide bonds. The van der Waals surface area contributed by atoms with Crippen LogP contribution in [0, 0.1) is 0 Å². The van der Waals surface area contributed by atoms with Crippen LogP contribution in [0.3, 0.4) is 0 Å². The molecule has 0 radical (unpaired) electrons. The Balaban J connectivity index is 1.48. The number of ether oxygens (including phenoxy) is 1. The van der Waals surface area contributed by atoms with E-state index in [1.165, 1.54) is 12.2 Å². The largest absolute Gasteiger partial charge is 0.394 e. The lowest BCUT2D eigenvalue weighted by atomic mass is 10.1. The summed E-state index contributed by atoms with van der Waals surface area (Å²) in [6.07, 6.45) is -1.01. The van der Waals surface area contributed by atoms with E-state index in [-0.39, 0.29) is 30.6 Å². The minimum atomic E-state index is -3.83. The molecule has 0 bridgehead atoms. The Morgan fingerprint density at radius 2 is 1.88 bits per heavy atom. The number of anilines is 1. The van der Waals surface area contributed by atoms with Gasteiger partial charge in [0.05, 0.1) is 6.61 Å². The summed E-state index contributed by atoms with van der Waals surface area (Å²) in [7, 11) is 0. The molecule has 0 aliphatic carbocycles. The van der Waals surface area contributed by atoms with Crippen LogP contribution in [0.4, 0.5) is 14.6 Å². The van der Waals surface area contributed by atoms with Gasteiger partial charge in [-0.25, -0.2) is 4.79 Å². The van der Waals surface area contributed by atoms with Gasteiger partial charge in [-0.3, -0.25) is 23.9 Å². The standard InChI is InChI=1S/C19H22F2N4O7/c20-19(21)16(30)11(10-26)32-17(19)25-9-7-12(23-18(25)31)22-13(27)4-2-1-3-8-24-14(28)5-6-15(24)29/h5-7,9,11,16-17,26,30H,1-4,8,10H2,(H,22,23,27,31). The Morgan fingerprint density at radius 1 is 1.19 bits per heavy atom. The van der Waals surface area contributed by atoms with Gasteiger partial charge < -0.3 is 20.3 Å². The van der Waals surface area contributed by atoms with Gasteiger partial charge in [-0.1, -0.05) is 6.42 Å². The number of alkyl halides is 2. The van der Waals surface area contributed by atoms with E-state index in [4.69, 9.17) is 9.84 Å². The van der Waals surface area contributed by atoms with Crippen LogP contribution >= 0.6 is 0 Å². The minimum Gasteiger partial charge on any atom is -0.394 e. The summed E-state index contributed by atoms with van der Waals surface area (Å²) in [6.45, 7) is -0.600. The molecule has 3 unspecified atom stereocenters. The number of carbonyl (C=O) groups is 3. The van der Waals surface area contributed by atoms with E-state index in [9.17, 15) is 33.1 Å². The van der Waals surface area contributed by atoms with Gasteiger partial charge in [-0.15, -0.1) is 0 Å². The van der Waals surface area contributed by atoms with Crippen LogP contribution < -0.4 is 11.0 Å². The SMILES string of the molecule is O=C(CCCCCN1C(=O)C=CC1=O)Nc1ccn(C2OC(CO)C(O)C2(F)F)c(=O)n1. The molecular formula is C19H22F2N4O7. The molecule has 3 atom stereocenters. The maximum absolute atomic E-state index is 14.2. The first-order valence-corrected chi connectivity index (χ1v) is 9.90. The van der Waals surface area contributed by atoms with Crippen LogP contribution in [-0.2, 0) is 19.1 Å². The summed E-state index contributed by atoms with van der Waals surface area (Å²) in [4.78, 5) is 51.7. The number of nitrogens with zero attached hydrogens (tertiary/aromatic N) is 3. The molecule has 2 aliphatic rings. The van der Waals surface area contributed by atoms with Crippen molar-refractivity contribution < 1.29 is 38.1 Å². The summed E-state index contributed by atoms with van der Waals surface area (Å²) in [5, 5.41) is 21.0. The van der Waals surface area contributed by atoms with Crippen molar-refractivity contribution in [2.75, 3.05) is 18.5 Å². The fraction of sp³-hybridized carbons (Fsp3) is 0.526. The van der Waals surface area contributed by atoms with Gasteiger partial charge in [0.25, 0.3) is 11.8 Å². The third-order valence-electron chi connectivity index (χ3n) is 5.10. The summed E-state index contributed by atoms with van der Waals surface area (Å²) in [5.41, 5.74) is -1.13. The van der Waals surface area contributed by atoms with Crippen LogP contribution in [0.25, 0.3) is 0 Å². The number of hydrogen-bond acceptors (Lipinski definition) is 8. The number of nitrogens with one attached hydrogen (secondary N) is 1. The van der Waals surface area contributed by atoms with E-state index in [1.807, 2.05) is 0 Å². The number of unbranched alkanes of at least 4 members (excludes halogenated alkanes) is 2. The number of rotatable bonds is 9. The lowest BCUT2D eigenvalue weighted by Gasteiger charge is -2.21. The molecule has 11 nitrogen and oxygen atoms in total. The smallest absolute Gasteiger partial charge is 0.351 e. The third kappa shape index (κ3) is 4.89. The van der Waals surface area contributed by atoms with Crippen molar-refractivity contribution in [3.05, 3.63) is 34.9 Å². The average Bonchev–Trinajstić information content (AvgIpc) is 3.17. The monoisotopic (exact) mass is 456 g/mol. The molecule has 3 N–H and O–H groups in total. The molecule has 3 rings (SSSR count). The molecule has 0 aromatic carbocycles. The van der Waals surface area contributed by atoms with E-state index in [2.05, 4.69) is 10.3 Å². The zero-order chi connectivity index (χ0) is 23.5. The highest BCUT2D eigenvalue weighted by molar-refractivity contribution is 6.12. The van der Waals surface area contributed by atoms with E-state index in [0.29, 0.717) is 23.8 Å². The maximum Gasteiger partial charge on any atom is 0.351 e. The second-order valence-corrected chi connectivity index (χ2v) is 7.35. The first kappa shape index (κ1) is 23.6. The number of halogens is 2. The van der Waals surface area contributed by atoms with E-state index >= 15 is 0 Å². The Hall–Kier alpha value is -3.03. The van der Waals surface area contributed by atoms with Crippen molar-refractivity contribution in [1.82, 2.24) is 14.5 Å². The first-order chi connectivity index (χ1) is 15.1. The molecule has 174 valence electrons. The molecule has 1 saturated heterocycles. The van der Waals surface area contributed by atoms with Crippen molar-refractivity contribution in [2.45, 2.75) is 50.0 Å². The number of aliphatic hydroxyl groups excluding tert-OH is 2. The van der Waals surface area contributed by atoms with Gasteiger partial charge in [0.1, 0.15) is 11.9 Å². The fourth-order valence-corrected chi connectivity index (χ4v) is 3.37. The number of aromatic nitrogens is 2. The van der Waals surface area contributed by atoms with E-state index in [1.54, 1.807) is 0 Å². The van der Waals surface area contributed by atoms with Gasteiger partial charge in [0.15, 0.2) is 6.10 Å². The first-order valence-electron chi connectivity index (χ1n) is 9.90. The van der Waals surface area contributed by atoms with Crippen LogP contribution in [0.1, 0.15) is 31.9 Å². The zero-order valence-corrected chi connectivity index (χ0v) is 16.8. The molecule has 13 heteroatoms. The number of hydrogen-bond donors (Lipinski definition) is 3. The van der Waals surface area contributed by atoms with Crippen LogP contribution in [0.5, 0.6) is 0 Å². The average molecular weight is 456 g/mol. The molecule has 0 spiro atoms. The second kappa shape index (κ2) is 9.63. The quantitative estimate of drug-likeness (QED) is 0.334. The summed E-state index contributed by atoms with van der Waals surface area (Å²) in [6, 6.07) is 1.13.